The molecule has 0 spiro atoms. The lowest BCUT2D eigenvalue weighted by atomic mass is 10.1. The summed E-state index contributed by atoms with van der Waals surface area (Å²) in [5, 5.41) is 17.6. The van der Waals surface area contributed by atoms with Crippen molar-refractivity contribution < 1.29 is 24.2 Å². The average molecular weight is 496 g/mol. The van der Waals surface area contributed by atoms with Crippen molar-refractivity contribution in [2.24, 2.45) is 0 Å². The maximum absolute atomic E-state index is 12.4. The number of aryl methyl sites for hydroxylation is 1. The monoisotopic (exact) mass is 495 g/mol. The second kappa shape index (κ2) is 11.9. The Balaban J connectivity index is 1.44. The number of carboxylic acid groups (broad SMARTS) is 1. The maximum atomic E-state index is 12.4. The Morgan fingerprint density at radius 1 is 1.00 bits per heavy atom. The molecule has 3 aromatic carbocycles. The van der Waals surface area contributed by atoms with Crippen molar-refractivity contribution in [3.8, 4) is 5.75 Å². The summed E-state index contributed by atoms with van der Waals surface area (Å²) in [6.45, 7) is 3.87. The van der Waals surface area contributed by atoms with Gasteiger partial charge in [0, 0.05) is 11.4 Å². The van der Waals surface area contributed by atoms with E-state index in [0.717, 1.165) is 16.8 Å². The predicted molar refractivity (Wildman–Crippen MR) is 135 cm³/mol. The molecular weight excluding hydrogens is 470 g/mol. The first-order valence-electron chi connectivity index (χ1n) is 10.9. The van der Waals surface area contributed by atoms with Gasteiger partial charge in [-0.2, -0.15) is 0 Å². The number of anilines is 2. The van der Waals surface area contributed by atoms with Gasteiger partial charge in [0.1, 0.15) is 12.4 Å². The zero-order valence-electron chi connectivity index (χ0n) is 19.3. The van der Waals surface area contributed by atoms with Crippen LogP contribution in [-0.4, -0.2) is 35.7 Å². The summed E-state index contributed by atoms with van der Waals surface area (Å²) in [6, 6.07) is 18.0. The number of ether oxygens (including phenoxy) is 1. The van der Waals surface area contributed by atoms with E-state index in [9.17, 15) is 14.4 Å². The van der Waals surface area contributed by atoms with E-state index in [0.29, 0.717) is 11.4 Å². The second-order valence-electron chi connectivity index (χ2n) is 8.00. The molecule has 0 bridgehead atoms. The molecule has 3 amide bonds. The molecule has 0 saturated carbocycles. The van der Waals surface area contributed by atoms with Crippen LogP contribution in [0, 0.1) is 6.92 Å². The molecule has 0 heterocycles. The minimum atomic E-state index is -1.08. The van der Waals surface area contributed by atoms with Crippen LogP contribution in [0.5, 0.6) is 5.75 Å². The number of nitrogens with one attached hydrogen (secondary N) is 3. The van der Waals surface area contributed by atoms with Gasteiger partial charge in [-0.3, -0.25) is 4.79 Å². The molecule has 0 aliphatic heterocycles. The van der Waals surface area contributed by atoms with E-state index in [4.69, 9.17) is 21.4 Å². The lowest BCUT2D eigenvalue weighted by Gasteiger charge is -2.16. The zero-order valence-corrected chi connectivity index (χ0v) is 20.1. The first kappa shape index (κ1) is 25.6. The molecule has 9 heteroatoms. The van der Waals surface area contributed by atoms with Crippen molar-refractivity contribution in [1.82, 2.24) is 5.32 Å². The van der Waals surface area contributed by atoms with Gasteiger partial charge < -0.3 is 25.8 Å². The molecule has 0 aliphatic rings. The Morgan fingerprint density at radius 2 is 1.71 bits per heavy atom. The second-order valence-corrected chi connectivity index (χ2v) is 8.40. The smallest absolute Gasteiger partial charge is 0.335 e. The molecule has 0 fully saturated rings. The zero-order chi connectivity index (χ0) is 25.4. The van der Waals surface area contributed by atoms with Crippen LogP contribution in [-0.2, 0) is 11.2 Å². The molecule has 0 aliphatic carbocycles. The van der Waals surface area contributed by atoms with Crippen molar-refractivity contribution in [3.63, 3.8) is 0 Å². The van der Waals surface area contributed by atoms with Gasteiger partial charge in [0.25, 0.3) is 0 Å². The Hall–Kier alpha value is -4.04. The highest BCUT2D eigenvalue weighted by molar-refractivity contribution is 6.32. The van der Waals surface area contributed by atoms with Gasteiger partial charge in [0.15, 0.2) is 0 Å². The summed E-state index contributed by atoms with van der Waals surface area (Å²) in [7, 11) is 0. The van der Waals surface area contributed by atoms with Crippen LogP contribution in [0.25, 0.3) is 0 Å². The van der Waals surface area contributed by atoms with Gasteiger partial charge in [0.2, 0.25) is 5.91 Å². The third-order valence-electron chi connectivity index (χ3n) is 5.04. The van der Waals surface area contributed by atoms with Crippen LogP contribution < -0.4 is 20.7 Å². The van der Waals surface area contributed by atoms with Crippen molar-refractivity contribution >= 4 is 40.9 Å². The first-order chi connectivity index (χ1) is 16.7. The number of benzene rings is 3. The van der Waals surface area contributed by atoms with Crippen LogP contribution in [0.1, 0.15) is 28.4 Å². The number of aromatic carboxylic acids is 1. The quantitative estimate of drug-likeness (QED) is 0.329. The largest absolute Gasteiger partial charge is 0.490 e. The van der Waals surface area contributed by atoms with Crippen LogP contribution >= 0.6 is 11.6 Å². The lowest BCUT2D eigenvalue weighted by Crippen LogP contribution is -2.37. The number of amides is 3. The molecule has 1 atom stereocenters. The number of carboxylic acids is 1. The average Bonchev–Trinajstić information content (AvgIpc) is 2.81. The van der Waals surface area contributed by atoms with E-state index in [1.165, 1.54) is 18.2 Å². The lowest BCUT2D eigenvalue weighted by molar-refractivity contribution is -0.121. The molecule has 0 radical (unpaired) electrons. The third kappa shape index (κ3) is 7.75. The number of hydrogen-bond acceptors (Lipinski definition) is 4. The molecule has 35 heavy (non-hydrogen) atoms. The topological polar surface area (TPSA) is 117 Å². The van der Waals surface area contributed by atoms with Gasteiger partial charge in [0.05, 0.1) is 23.0 Å². The fourth-order valence-electron chi connectivity index (χ4n) is 3.22. The molecule has 1 unspecified atom stereocenters. The van der Waals surface area contributed by atoms with Crippen molar-refractivity contribution in [1.29, 1.82) is 0 Å². The van der Waals surface area contributed by atoms with Crippen LogP contribution in [0.2, 0.25) is 5.02 Å². The van der Waals surface area contributed by atoms with Gasteiger partial charge in [-0.1, -0.05) is 41.9 Å². The number of urea groups is 1. The molecule has 3 aromatic rings. The van der Waals surface area contributed by atoms with Crippen LogP contribution in [0.4, 0.5) is 16.2 Å². The van der Waals surface area contributed by atoms with Crippen LogP contribution in [0.15, 0.2) is 66.7 Å². The van der Waals surface area contributed by atoms with Gasteiger partial charge in [-0.25, -0.2) is 9.59 Å². The summed E-state index contributed by atoms with van der Waals surface area (Å²) in [5.74, 6) is -0.924. The Morgan fingerprint density at radius 3 is 2.37 bits per heavy atom. The highest BCUT2D eigenvalue weighted by Gasteiger charge is 2.12. The van der Waals surface area contributed by atoms with E-state index >= 15 is 0 Å². The van der Waals surface area contributed by atoms with Gasteiger partial charge in [-0.15, -0.1) is 0 Å². The fraction of sp³-hybridized carbons (Fsp3) is 0.192. The molecule has 4 N–H and O–H groups in total. The van der Waals surface area contributed by atoms with Gasteiger partial charge in [-0.05, 0) is 61.4 Å². The van der Waals surface area contributed by atoms with Crippen molar-refractivity contribution in [2.75, 3.05) is 17.2 Å². The summed E-state index contributed by atoms with van der Waals surface area (Å²) in [6.07, 6.45) is 0.161. The minimum Gasteiger partial charge on any atom is -0.490 e. The number of carbonyl (C=O) groups excluding carboxylic acids is 2. The highest BCUT2D eigenvalue weighted by Crippen LogP contribution is 2.25. The summed E-state index contributed by atoms with van der Waals surface area (Å²) in [4.78, 5) is 35.6. The predicted octanol–water partition coefficient (Wildman–Crippen LogP) is 5.12. The summed E-state index contributed by atoms with van der Waals surface area (Å²) in [5.41, 5.74) is 3.15. The van der Waals surface area contributed by atoms with Crippen LogP contribution in [0.3, 0.4) is 0 Å². The maximum Gasteiger partial charge on any atom is 0.335 e. The highest BCUT2D eigenvalue weighted by atomic mass is 35.5. The van der Waals surface area contributed by atoms with Gasteiger partial charge >= 0.3 is 12.0 Å². The molecule has 0 saturated heterocycles. The van der Waals surface area contributed by atoms with E-state index in [1.54, 1.807) is 31.2 Å². The number of hydrogen-bond donors (Lipinski definition) is 4. The Labute approximate surface area is 208 Å². The number of carbonyl (C=O) groups is 3. The van der Waals surface area contributed by atoms with E-state index < -0.39 is 5.97 Å². The number of para-hydroxylation sites is 1. The summed E-state index contributed by atoms with van der Waals surface area (Å²) < 4.78 is 5.60. The van der Waals surface area contributed by atoms with E-state index in [1.807, 2.05) is 31.2 Å². The first-order valence-corrected chi connectivity index (χ1v) is 11.3. The normalized spacial score (nSPS) is 11.3. The van der Waals surface area contributed by atoms with Crippen molar-refractivity contribution in [3.05, 3.63) is 88.4 Å². The molecular formula is C26H26ClN3O5. The summed E-state index contributed by atoms with van der Waals surface area (Å²) >= 11 is 6.06. The molecule has 3 rings (SSSR count). The minimum absolute atomic E-state index is 0.0665. The SMILES string of the molecule is Cc1ccccc1NC(=O)Nc1ccc(CC(=O)NC(C)COc2ccc(C(=O)O)cc2Cl)cc1. The Kier molecular flexibility index (Phi) is 8.69. The standard InChI is InChI=1S/C26H26ClN3O5/c1-16-5-3-4-6-22(16)30-26(34)29-20-10-7-18(8-11-20)13-24(31)28-17(2)15-35-23-12-9-19(25(32)33)14-21(23)27/h3-12,14,17H,13,15H2,1-2H3,(H,28,31)(H,32,33)(H2,29,30,34). The fourth-order valence-corrected chi connectivity index (χ4v) is 3.46. The molecule has 0 aromatic heterocycles. The molecule has 182 valence electrons. The van der Waals surface area contributed by atoms with Crippen molar-refractivity contribution in [2.45, 2.75) is 26.3 Å². The number of halogens is 1. The molecule has 8 nitrogen and oxygen atoms in total. The third-order valence-corrected chi connectivity index (χ3v) is 5.34. The van der Waals surface area contributed by atoms with E-state index in [-0.39, 0.29) is 41.6 Å². The number of rotatable bonds is 9. The van der Waals surface area contributed by atoms with E-state index in [2.05, 4.69) is 16.0 Å². The Bertz CT molecular complexity index is 1210.